The first-order chi connectivity index (χ1) is 12.1. The van der Waals surface area contributed by atoms with Gasteiger partial charge in [-0.2, -0.15) is 5.10 Å². The molecule has 1 atom stereocenters. The van der Waals surface area contributed by atoms with Gasteiger partial charge in [0, 0.05) is 49.9 Å². The Morgan fingerprint density at radius 2 is 2.12 bits per heavy atom. The van der Waals surface area contributed by atoms with Gasteiger partial charge in [0.15, 0.2) is 5.69 Å². The van der Waals surface area contributed by atoms with E-state index in [1.165, 1.54) is 18.2 Å². The number of para-hydroxylation sites is 1. The Labute approximate surface area is 143 Å². The van der Waals surface area contributed by atoms with E-state index >= 15 is 0 Å². The quantitative estimate of drug-likeness (QED) is 0.784. The number of carbonyl (C=O) groups is 1. The highest BCUT2D eigenvalue weighted by Crippen LogP contribution is 2.27. The summed E-state index contributed by atoms with van der Waals surface area (Å²) in [5.74, 6) is -1.42. The maximum atomic E-state index is 13.9. The van der Waals surface area contributed by atoms with Crippen molar-refractivity contribution in [1.29, 1.82) is 0 Å². The van der Waals surface area contributed by atoms with Gasteiger partial charge in [-0.05, 0) is 18.6 Å². The molecule has 132 valence electrons. The van der Waals surface area contributed by atoms with Crippen LogP contribution in [-0.2, 0) is 13.0 Å². The molecule has 3 heterocycles. The SMILES string of the molecule is O=C(NC1CCN(c2c(F)cccc2F)C1)c1n[nH]c2c1CNCC2. The van der Waals surface area contributed by atoms with Gasteiger partial charge in [0.05, 0.1) is 0 Å². The Morgan fingerprint density at radius 3 is 2.92 bits per heavy atom. The number of rotatable bonds is 3. The summed E-state index contributed by atoms with van der Waals surface area (Å²) >= 11 is 0. The first kappa shape index (κ1) is 16.0. The Morgan fingerprint density at radius 1 is 1.32 bits per heavy atom. The van der Waals surface area contributed by atoms with E-state index in [0.29, 0.717) is 31.7 Å². The van der Waals surface area contributed by atoms with Crippen molar-refractivity contribution in [1.82, 2.24) is 20.8 Å². The number of benzene rings is 1. The van der Waals surface area contributed by atoms with Gasteiger partial charge in [-0.3, -0.25) is 9.89 Å². The molecule has 1 amide bonds. The highest BCUT2D eigenvalue weighted by Gasteiger charge is 2.29. The fourth-order valence-corrected chi connectivity index (χ4v) is 3.54. The van der Waals surface area contributed by atoms with E-state index in [2.05, 4.69) is 20.8 Å². The van der Waals surface area contributed by atoms with Crippen molar-refractivity contribution in [2.45, 2.75) is 25.4 Å². The predicted octanol–water partition coefficient (Wildman–Crippen LogP) is 1.34. The largest absolute Gasteiger partial charge is 0.365 e. The topological polar surface area (TPSA) is 73.0 Å². The van der Waals surface area contributed by atoms with E-state index in [4.69, 9.17) is 0 Å². The van der Waals surface area contributed by atoms with Crippen molar-refractivity contribution in [3.63, 3.8) is 0 Å². The number of fused-ring (bicyclic) bond motifs is 1. The number of nitrogens with one attached hydrogen (secondary N) is 3. The second-order valence-electron chi connectivity index (χ2n) is 6.43. The molecule has 0 saturated carbocycles. The molecule has 1 unspecified atom stereocenters. The van der Waals surface area contributed by atoms with Crippen molar-refractivity contribution in [2.75, 3.05) is 24.5 Å². The lowest BCUT2D eigenvalue weighted by Crippen LogP contribution is -2.38. The summed E-state index contributed by atoms with van der Waals surface area (Å²) in [6, 6.07) is 3.66. The fourth-order valence-electron chi connectivity index (χ4n) is 3.54. The summed E-state index contributed by atoms with van der Waals surface area (Å²) in [5, 5.41) is 13.2. The van der Waals surface area contributed by atoms with Crippen LogP contribution in [0.2, 0.25) is 0 Å². The van der Waals surface area contributed by atoms with Crippen LogP contribution in [0.5, 0.6) is 0 Å². The Hall–Kier alpha value is -2.48. The average molecular weight is 347 g/mol. The number of aromatic amines is 1. The highest BCUT2D eigenvalue weighted by molar-refractivity contribution is 5.94. The number of aromatic nitrogens is 2. The third-order valence-electron chi connectivity index (χ3n) is 4.80. The molecule has 2 aliphatic rings. The minimum Gasteiger partial charge on any atom is -0.365 e. The van der Waals surface area contributed by atoms with Crippen LogP contribution in [-0.4, -0.2) is 41.8 Å². The molecule has 4 rings (SSSR count). The van der Waals surface area contributed by atoms with Crippen molar-refractivity contribution >= 4 is 11.6 Å². The molecular formula is C17H19F2N5O. The molecule has 6 nitrogen and oxygen atoms in total. The van der Waals surface area contributed by atoms with Gasteiger partial charge in [-0.15, -0.1) is 0 Å². The van der Waals surface area contributed by atoms with Gasteiger partial charge in [-0.1, -0.05) is 6.07 Å². The highest BCUT2D eigenvalue weighted by atomic mass is 19.1. The minimum atomic E-state index is -0.584. The first-order valence-corrected chi connectivity index (χ1v) is 8.40. The first-order valence-electron chi connectivity index (χ1n) is 8.40. The number of halogens is 2. The summed E-state index contributed by atoms with van der Waals surface area (Å²) in [5.41, 5.74) is 2.27. The lowest BCUT2D eigenvalue weighted by atomic mass is 10.1. The second-order valence-corrected chi connectivity index (χ2v) is 6.43. The normalized spacial score (nSPS) is 19.8. The molecule has 25 heavy (non-hydrogen) atoms. The van der Waals surface area contributed by atoms with E-state index in [-0.39, 0.29) is 17.6 Å². The molecule has 0 bridgehead atoms. The molecule has 1 aromatic carbocycles. The maximum Gasteiger partial charge on any atom is 0.272 e. The molecule has 8 heteroatoms. The van der Waals surface area contributed by atoms with Gasteiger partial charge >= 0.3 is 0 Å². The molecule has 1 saturated heterocycles. The smallest absolute Gasteiger partial charge is 0.272 e. The Kier molecular flexibility index (Phi) is 4.12. The van der Waals surface area contributed by atoms with Crippen molar-refractivity contribution in [3.8, 4) is 0 Å². The number of H-pyrrole nitrogens is 1. The monoisotopic (exact) mass is 347 g/mol. The van der Waals surface area contributed by atoms with Gasteiger partial charge in [-0.25, -0.2) is 8.78 Å². The third kappa shape index (κ3) is 2.97. The molecule has 0 aliphatic carbocycles. The molecule has 1 aromatic heterocycles. The zero-order chi connectivity index (χ0) is 17.4. The fraction of sp³-hybridized carbons (Fsp3) is 0.412. The van der Waals surface area contributed by atoms with Crippen molar-refractivity contribution < 1.29 is 13.6 Å². The summed E-state index contributed by atoms with van der Waals surface area (Å²) < 4.78 is 27.8. The standard InChI is InChI=1S/C17H19F2N5O/c18-12-2-1-3-13(19)16(12)24-7-5-10(9-24)21-17(25)15-11-8-20-6-4-14(11)22-23-15/h1-3,10,20H,4-9H2,(H,21,25)(H,22,23). The zero-order valence-electron chi connectivity index (χ0n) is 13.6. The average Bonchev–Trinajstić information content (AvgIpc) is 3.21. The minimum absolute atomic E-state index is 0.0272. The van der Waals surface area contributed by atoms with Crippen LogP contribution in [0.25, 0.3) is 0 Å². The summed E-state index contributed by atoms with van der Waals surface area (Å²) in [4.78, 5) is 14.2. The molecule has 2 aromatic rings. The van der Waals surface area contributed by atoms with Crippen LogP contribution in [0.1, 0.15) is 28.2 Å². The van der Waals surface area contributed by atoms with E-state index in [1.807, 2.05) is 0 Å². The lowest BCUT2D eigenvalue weighted by molar-refractivity contribution is 0.0934. The van der Waals surface area contributed by atoms with Crippen LogP contribution in [0.4, 0.5) is 14.5 Å². The van der Waals surface area contributed by atoms with E-state index in [1.54, 1.807) is 4.90 Å². The second kappa shape index (κ2) is 6.44. The van der Waals surface area contributed by atoms with Crippen molar-refractivity contribution in [3.05, 3.63) is 46.8 Å². The Bertz CT molecular complexity index is 786. The van der Waals surface area contributed by atoms with Gasteiger partial charge in [0.1, 0.15) is 17.3 Å². The molecule has 1 fully saturated rings. The lowest BCUT2D eigenvalue weighted by Gasteiger charge is -2.20. The van der Waals surface area contributed by atoms with E-state index in [9.17, 15) is 13.6 Å². The predicted molar refractivity (Wildman–Crippen MR) is 88.4 cm³/mol. The van der Waals surface area contributed by atoms with Crippen LogP contribution < -0.4 is 15.5 Å². The third-order valence-corrected chi connectivity index (χ3v) is 4.80. The van der Waals surface area contributed by atoms with E-state index in [0.717, 1.165) is 24.2 Å². The van der Waals surface area contributed by atoms with E-state index < -0.39 is 11.6 Å². The number of carbonyl (C=O) groups excluding carboxylic acids is 1. The number of anilines is 1. The molecule has 0 spiro atoms. The Balaban J connectivity index is 1.44. The molecule has 2 aliphatic heterocycles. The van der Waals surface area contributed by atoms with Crippen LogP contribution in [0.3, 0.4) is 0 Å². The zero-order valence-corrected chi connectivity index (χ0v) is 13.6. The van der Waals surface area contributed by atoms with Crippen LogP contribution >= 0.6 is 0 Å². The summed E-state index contributed by atoms with van der Waals surface area (Å²) in [6.07, 6.45) is 1.45. The van der Waals surface area contributed by atoms with Crippen LogP contribution in [0.15, 0.2) is 18.2 Å². The van der Waals surface area contributed by atoms with Gasteiger partial charge < -0.3 is 15.5 Å². The maximum absolute atomic E-state index is 13.9. The number of nitrogens with zero attached hydrogens (tertiary/aromatic N) is 2. The summed E-state index contributed by atoms with van der Waals surface area (Å²) in [7, 11) is 0. The van der Waals surface area contributed by atoms with Gasteiger partial charge in [0.2, 0.25) is 0 Å². The molecule has 0 radical (unpaired) electrons. The number of hydrogen-bond donors (Lipinski definition) is 3. The summed E-state index contributed by atoms with van der Waals surface area (Å²) in [6.45, 7) is 2.34. The molecule has 3 N–H and O–H groups in total. The van der Waals surface area contributed by atoms with Crippen LogP contribution in [0, 0.1) is 11.6 Å². The number of hydrogen-bond acceptors (Lipinski definition) is 4. The van der Waals surface area contributed by atoms with Crippen molar-refractivity contribution in [2.24, 2.45) is 0 Å². The van der Waals surface area contributed by atoms with Gasteiger partial charge in [0.25, 0.3) is 5.91 Å². The molecular weight excluding hydrogens is 328 g/mol. The number of amides is 1.